The molecule has 41 heavy (non-hydrogen) atoms. The Balaban J connectivity index is 1.73. The lowest BCUT2D eigenvalue weighted by atomic mass is 9.74. The predicted octanol–water partition coefficient (Wildman–Crippen LogP) is 7.99. The van der Waals surface area contributed by atoms with E-state index in [1.165, 1.54) is 24.6 Å². The van der Waals surface area contributed by atoms with Crippen molar-refractivity contribution in [1.29, 1.82) is 0 Å². The number of carbonyl (C=O) groups is 2. The zero-order valence-corrected chi connectivity index (χ0v) is 26.6. The van der Waals surface area contributed by atoms with Gasteiger partial charge in [0.25, 0.3) is 5.91 Å². The highest BCUT2D eigenvalue weighted by atomic mass is 79.9. The number of halogens is 3. The number of fused-ring (bicyclic) bond motifs is 1. The number of amides is 1. The summed E-state index contributed by atoms with van der Waals surface area (Å²) in [5, 5.41) is 14.1. The number of hydrogen-bond acceptors (Lipinski definition) is 4. The molecule has 4 rings (SSSR count). The number of piperidine rings is 1. The third kappa shape index (κ3) is 7.20. The van der Waals surface area contributed by atoms with E-state index < -0.39 is 29.0 Å². The van der Waals surface area contributed by atoms with Crippen LogP contribution >= 0.6 is 27.5 Å². The lowest BCUT2D eigenvalue weighted by molar-refractivity contribution is -0.146. The van der Waals surface area contributed by atoms with Crippen LogP contribution in [0.15, 0.2) is 40.9 Å². The van der Waals surface area contributed by atoms with Crippen molar-refractivity contribution >= 4 is 56.1 Å². The maximum absolute atomic E-state index is 14.3. The summed E-state index contributed by atoms with van der Waals surface area (Å²) < 4.78 is 15.2. The summed E-state index contributed by atoms with van der Waals surface area (Å²) in [6.07, 6.45) is 2.41. The maximum atomic E-state index is 14.3. The fourth-order valence-corrected chi connectivity index (χ4v) is 6.49. The van der Waals surface area contributed by atoms with E-state index in [0.29, 0.717) is 22.1 Å². The molecule has 2 aromatic carbocycles. The molecule has 0 aliphatic carbocycles. The number of aromatic nitrogens is 1. The zero-order chi connectivity index (χ0) is 30.1. The fraction of sp³-hybridized carbons (Fsp3) is 0.469. The van der Waals surface area contributed by atoms with Crippen LogP contribution in [0.2, 0.25) is 5.02 Å². The van der Waals surface area contributed by atoms with Crippen LogP contribution in [0.25, 0.3) is 10.9 Å². The van der Waals surface area contributed by atoms with Crippen LogP contribution in [0.3, 0.4) is 0 Å². The third-order valence-electron chi connectivity index (χ3n) is 8.12. The number of carbonyl (C=O) groups excluding carboxylic acids is 1. The van der Waals surface area contributed by atoms with Crippen molar-refractivity contribution in [3.05, 3.63) is 68.4 Å². The average Bonchev–Trinajstić information content (AvgIpc) is 2.89. The highest BCUT2D eigenvalue weighted by Crippen LogP contribution is 2.38. The summed E-state index contributed by atoms with van der Waals surface area (Å²) in [4.78, 5) is 33.5. The van der Waals surface area contributed by atoms with Gasteiger partial charge in [0.15, 0.2) is 0 Å². The summed E-state index contributed by atoms with van der Waals surface area (Å²) in [7, 11) is 0. The van der Waals surface area contributed by atoms with Gasteiger partial charge in [-0.25, -0.2) is 9.37 Å². The summed E-state index contributed by atoms with van der Waals surface area (Å²) in [6.45, 7) is 11.6. The number of anilines is 1. The van der Waals surface area contributed by atoms with Gasteiger partial charge in [-0.3, -0.25) is 9.59 Å². The molecule has 3 atom stereocenters. The smallest absolute Gasteiger partial charge is 0.307 e. The van der Waals surface area contributed by atoms with Crippen LogP contribution in [0.4, 0.5) is 10.2 Å². The Morgan fingerprint density at radius 2 is 1.98 bits per heavy atom. The zero-order valence-electron chi connectivity index (χ0n) is 24.2. The van der Waals surface area contributed by atoms with Gasteiger partial charge in [-0.15, -0.1) is 0 Å². The van der Waals surface area contributed by atoms with E-state index in [1.54, 1.807) is 0 Å². The molecule has 220 valence electrons. The number of hydrogen-bond donors (Lipinski definition) is 2. The Bertz CT molecular complexity index is 1460. The number of carboxylic acid groups (broad SMARTS) is 1. The van der Waals surface area contributed by atoms with Crippen LogP contribution in [0.5, 0.6) is 0 Å². The SMILES string of the molecule is Cc1c(N2CCCC(C)C2)nc2ccc(Br)cc2c1C(=O)NCC(CC(C(=O)O)C(C)(C)C)c1cc(F)ccc1Cl. The van der Waals surface area contributed by atoms with Crippen molar-refractivity contribution in [2.45, 2.75) is 59.8 Å². The molecule has 3 unspecified atom stereocenters. The molecule has 2 N–H and O–H groups in total. The standard InChI is InChI=1S/C32H38BrClFN3O3/c1-18-7-6-12-38(17-18)29-19(2)28(24-14-21(33)8-11-27(24)37-29)30(39)36-16-20(13-25(31(40)41)32(3,4)5)23-15-22(35)9-10-26(23)34/h8-11,14-15,18,20,25H,6-7,12-13,16-17H2,1-5H3,(H,36,39)(H,40,41). The molecule has 3 aromatic rings. The van der Waals surface area contributed by atoms with Crippen LogP contribution in [-0.4, -0.2) is 41.6 Å². The molecule has 0 spiro atoms. The van der Waals surface area contributed by atoms with Crippen LogP contribution < -0.4 is 10.2 Å². The highest BCUT2D eigenvalue weighted by Gasteiger charge is 2.35. The van der Waals surface area contributed by atoms with Gasteiger partial charge >= 0.3 is 5.97 Å². The molecule has 0 bridgehead atoms. The van der Waals surface area contributed by atoms with E-state index in [-0.39, 0.29) is 18.9 Å². The normalized spacial score (nSPS) is 17.4. The van der Waals surface area contributed by atoms with Gasteiger partial charge in [0.05, 0.1) is 17.0 Å². The van der Waals surface area contributed by atoms with E-state index in [9.17, 15) is 19.1 Å². The Hall–Kier alpha value is -2.71. The lowest BCUT2D eigenvalue weighted by Gasteiger charge is -2.33. The first-order valence-corrected chi connectivity index (χ1v) is 15.2. The maximum Gasteiger partial charge on any atom is 0.307 e. The molecule has 1 aliphatic rings. The van der Waals surface area contributed by atoms with Crippen LogP contribution in [0.1, 0.15) is 74.4 Å². The number of aliphatic carboxylic acids is 1. The van der Waals surface area contributed by atoms with E-state index in [4.69, 9.17) is 16.6 Å². The Labute approximate surface area is 254 Å². The number of pyridine rings is 1. The first-order chi connectivity index (χ1) is 19.3. The number of benzene rings is 2. The monoisotopic (exact) mass is 645 g/mol. The first kappa shape index (κ1) is 31.2. The molecule has 1 saturated heterocycles. The van der Waals surface area contributed by atoms with Crippen molar-refractivity contribution in [2.75, 3.05) is 24.5 Å². The molecule has 1 aliphatic heterocycles. The van der Waals surface area contributed by atoms with Crippen LogP contribution in [-0.2, 0) is 4.79 Å². The predicted molar refractivity (Wildman–Crippen MR) is 166 cm³/mol. The Kier molecular flexibility index (Phi) is 9.64. The van der Waals surface area contributed by atoms with Gasteiger partial charge in [0.1, 0.15) is 11.6 Å². The highest BCUT2D eigenvalue weighted by molar-refractivity contribution is 9.10. The summed E-state index contributed by atoms with van der Waals surface area (Å²) in [5.74, 6) is -1.63. The quantitative estimate of drug-likeness (QED) is 0.259. The minimum atomic E-state index is -0.942. The second kappa shape index (κ2) is 12.7. The minimum absolute atomic E-state index is 0.0925. The Morgan fingerprint density at radius 1 is 1.24 bits per heavy atom. The first-order valence-electron chi connectivity index (χ1n) is 14.1. The number of carboxylic acids is 1. The molecule has 1 fully saturated rings. The van der Waals surface area contributed by atoms with E-state index >= 15 is 0 Å². The molecular weight excluding hydrogens is 609 g/mol. The molecule has 2 heterocycles. The second-order valence-electron chi connectivity index (χ2n) is 12.4. The molecular formula is C32H38BrClFN3O3. The van der Waals surface area contributed by atoms with E-state index in [2.05, 4.69) is 33.1 Å². The average molecular weight is 647 g/mol. The number of nitrogens with zero attached hydrogens (tertiary/aromatic N) is 2. The van der Waals surface area contributed by atoms with Gasteiger partial charge in [0.2, 0.25) is 0 Å². The molecule has 0 saturated carbocycles. The molecule has 1 aromatic heterocycles. The van der Waals surface area contributed by atoms with E-state index in [0.717, 1.165) is 46.3 Å². The van der Waals surface area contributed by atoms with Crippen molar-refractivity contribution in [1.82, 2.24) is 10.3 Å². The van der Waals surface area contributed by atoms with Gasteiger partial charge in [-0.1, -0.05) is 55.2 Å². The number of nitrogens with one attached hydrogen (secondary N) is 1. The summed E-state index contributed by atoms with van der Waals surface area (Å²) >= 11 is 10.0. The topological polar surface area (TPSA) is 82.5 Å². The Morgan fingerprint density at radius 3 is 2.63 bits per heavy atom. The molecule has 0 radical (unpaired) electrons. The lowest BCUT2D eigenvalue weighted by Crippen LogP contribution is -2.36. The van der Waals surface area contributed by atoms with Gasteiger partial charge in [0, 0.05) is 46.0 Å². The van der Waals surface area contributed by atoms with Crippen molar-refractivity contribution in [3.63, 3.8) is 0 Å². The fourth-order valence-electron chi connectivity index (χ4n) is 5.86. The van der Waals surface area contributed by atoms with E-state index in [1.807, 2.05) is 45.9 Å². The number of rotatable bonds is 8. The van der Waals surface area contributed by atoms with Gasteiger partial charge in [-0.05, 0) is 79.5 Å². The van der Waals surface area contributed by atoms with Crippen molar-refractivity contribution in [2.24, 2.45) is 17.3 Å². The molecule has 6 nitrogen and oxygen atoms in total. The third-order valence-corrected chi connectivity index (χ3v) is 8.96. The van der Waals surface area contributed by atoms with Crippen LogP contribution in [0, 0.1) is 30.0 Å². The van der Waals surface area contributed by atoms with Crippen molar-refractivity contribution in [3.8, 4) is 0 Å². The second-order valence-corrected chi connectivity index (χ2v) is 13.7. The summed E-state index contributed by atoms with van der Waals surface area (Å²) in [6, 6.07) is 9.79. The largest absolute Gasteiger partial charge is 0.481 e. The molecule has 1 amide bonds. The van der Waals surface area contributed by atoms with Gasteiger partial charge in [-0.2, -0.15) is 0 Å². The summed E-state index contributed by atoms with van der Waals surface area (Å²) in [5.41, 5.74) is 1.96. The van der Waals surface area contributed by atoms with Gasteiger partial charge < -0.3 is 15.3 Å². The van der Waals surface area contributed by atoms with Crippen molar-refractivity contribution < 1.29 is 19.1 Å². The molecule has 9 heteroatoms. The minimum Gasteiger partial charge on any atom is -0.481 e.